The van der Waals surface area contributed by atoms with Crippen LogP contribution in [0.3, 0.4) is 0 Å². The largest absolute Gasteiger partial charge is 0.339 e. The van der Waals surface area contributed by atoms with E-state index < -0.39 is 0 Å². The van der Waals surface area contributed by atoms with Crippen LogP contribution in [0.25, 0.3) is 16.9 Å². The van der Waals surface area contributed by atoms with Crippen molar-refractivity contribution in [3.05, 3.63) is 41.9 Å². The van der Waals surface area contributed by atoms with Gasteiger partial charge in [0.15, 0.2) is 11.5 Å². The van der Waals surface area contributed by atoms with Crippen LogP contribution in [0.1, 0.15) is 18.2 Å². The van der Waals surface area contributed by atoms with Crippen LogP contribution in [0.15, 0.2) is 30.6 Å². The third-order valence-corrected chi connectivity index (χ3v) is 5.32. The highest BCUT2D eigenvalue weighted by atomic mass is 16.2. The summed E-state index contributed by atoms with van der Waals surface area (Å²) in [6, 6.07) is 6.01. The number of nitrogens with zero attached hydrogens (tertiary/aromatic N) is 6. The molecular weight excluding hydrogens is 340 g/mol. The molecule has 0 N–H and O–H groups in total. The first-order chi connectivity index (χ1) is 13.1. The molecule has 1 aliphatic heterocycles. The van der Waals surface area contributed by atoms with E-state index in [1.165, 1.54) is 0 Å². The van der Waals surface area contributed by atoms with E-state index in [0.717, 1.165) is 60.8 Å². The molecule has 0 aromatic carbocycles. The summed E-state index contributed by atoms with van der Waals surface area (Å²) in [4.78, 5) is 21.9. The van der Waals surface area contributed by atoms with Gasteiger partial charge in [-0.1, -0.05) is 6.92 Å². The molecule has 1 amide bonds. The minimum Gasteiger partial charge on any atom is -0.339 e. The number of pyridine rings is 1. The Labute approximate surface area is 159 Å². The van der Waals surface area contributed by atoms with Gasteiger partial charge in [-0.2, -0.15) is 5.10 Å². The molecular formula is C20H26N6O. The smallest absolute Gasteiger partial charge is 0.244 e. The lowest BCUT2D eigenvalue weighted by molar-refractivity contribution is -0.133. The molecule has 7 heteroatoms. The van der Waals surface area contributed by atoms with Gasteiger partial charge in [-0.05, 0) is 44.2 Å². The summed E-state index contributed by atoms with van der Waals surface area (Å²) in [5.41, 5.74) is 2.83. The third-order valence-electron chi connectivity index (χ3n) is 5.32. The Balaban J connectivity index is 1.67. The number of aromatic nitrogens is 4. The van der Waals surface area contributed by atoms with E-state index in [-0.39, 0.29) is 12.5 Å². The van der Waals surface area contributed by atoms with E-state index in [1.54, 1.807) is 4.68 Å². The fourth-order valence-electron chi connectivity index (χ4n) is 3.80. The molecule has 0 saturated carbocycles. The summed E-state index contributed by atoms with van der Waals surface area (Å²) in [5.74, 6) is 0.929. The summed E-state index contributed by atoms with van der Waals surface area (Å²) in [6.07, 6.45) is 3.94. The molecule has 4 heterocycles. The van der Waals surface area contributed by atoms with Gasteiger partial charge in [-0.15, -0.1) is 0 Å². The summed E-state index contributed by atoms with van der Waals surface area (Å²) in [5, 5.41) is 5.76. The zero-order valence-corrected chi connectivity index (χ0v) is 16.2. The molecule has 0 bridgehead atoms. The quantitative estimate of drug-likeness (QED) is 0.709. The first-order valence-corrected chi connectivity index (χ1v) is 9.55. The highest BCUT2D eigenvalue weighted by Gasteiger charge is 2.23. The van der Waals surface area contributed by atoms with Gasteiger partial charge < -0.3 is 14.4 Å². The molecule has 0 unspecified atom stereocenters. The van der Waals surface area contributed by atoms with Crippen molar-refractivity contribution in [2.24, 2.45) is 0 Å². The molecule has 3 aromatic heterocycles. The number of carbonyl (C=O) groups excluding carboxylic acids is 1. The van der Waals surface area contributed by atoms with Crippen LogP contribution in [0.2, 0.25) is 0 Å². The second kappa shape index (κ2) is 7.15. The van der Waals surface area contributed by atoms with Crippen LogP contribution in [0.5, 0.6) is 0 Å². The standard InChI is InChI=1S/C20H26N6O/c1-4-23-9-11-24(12-10-23)17(27)14-26-19-18(15(2)13-16(3)21-19)20(22-26)25-7-5-6-8-25/h5-8,13H,4,9-12,14H2,1-3H3. The number of carbonyl (C=O) groups is 1. The van der Waals surface area contributed by atoms with Crippen LogP contribution in [-0.4, -0.2) is 67.8 Å². The molecule has 1 fully saturated rings. The maximum Gasteiger partial charge on any atom is 0.244 e. The Hall–Kier alpha value is -2.67. The average molecular weight is 366 g/mol. The lowest BCUT2D eigenvalue weighted by Crippen LogP contribution is -2.49. The van der Waals surface area contributed by atoms with Crippen LogP contribution < -0.4 is 0 Å². The van der Waals surface area contributed by atoms with Gasteiger partial charge in [0.2, 0.25) is 5.91 Å². The van der Waals surface area contributed by atoms with Gasteiger partial charge in [-0.3, -0.25) is 4.79 Å². The first kappa shape index (κ1) is 17.7. The van der Waals surface area contributed by atoms with Crippen molar-refractivity contribution in [3.8, 4) is 5.82 Å². The van der Waals surface area contributed by atoms with Gasteiger partial charge in [0, 0.05) is 44.3 Å². The summed E-state index contributed by atoms with van der Waals surface area (Å²) in [6.45, 7) is 10.9. The molecule has 0 atom stereocenters. The van der Waals surface area contributed by atoms with Crippen molar-refractivity contribution in [2.75, 3.05) is 32.7 Å². The van der Waals surface area contributed by atoms with Crippen LogP contribution >= 0.6 is 0 Å². The molecule has 1 saturated heterocycles. The Bertz CT molecular complexity index is 951. The minimum absolute atomic E-state index is 0.107. The number of aryl methyl sites for hydroxylation is 2. The van der Waals surface area contributed by atoms with Crippen molar-refractivity contribution in [3.63, 3.8) is 0 Å². The van der Waals surface area contributed by atoms with Crippen molar-refractivity contribution < 1.29 is 4.79 Å². The maximum absolute atomic E-state index is 12.9. The molecule has 1 aliphatic rings. The summed E-state index contributed by atoms with van der Waals surface area (Å²) < 4.78 is 3.74. The first-order valence-electron chi connectivity index (χ1n) is 9.55. The maximum atomic E-state index is 12.9. The number of hydrogen-bond donors (Lipinski definition) is 0. The fraction of sp³-hybridized carbons (Fsp3) is 0.450. The lowest BCUT2D eigenvalue weighted by atomic mass is 10.2. The van der Waals surface area contributed by atoms with Crippen LogP contribution in [0.4, 0.5) is 0 Å². The van der Waals surface area contributed by atoms with Crippen molar-refractivity contribution in [1.82, 2.24) is 29.1 Å². The van der Waals surface area contributed by atoms with E-state index in [4.69, 9.17) is 10.1 Å². The molecule has 0 spiro atoms. The predicted octanol–water partition coefficient (Wildman–Crippen LogP) is 2.00. The van der Waals surface area contributed by atoms with Gasteiger partial charge in [0.05, 0.1) is 5.39 Å². The number of piperazine rings is 1. The van der Waals surface area contributed by atoms with Gasteiger partial charge in [0.1, 0.15) is 6.54 Å². The highest BCUT2D eigenvalue weighted by Crippen LogP contribution is 2.25. The monoisotopic (exact) mass is 366 g/mol. The van der Waals surface area contributed by atoms with Crippen molar-refractivity contribution in [1.29, 1.82) is 0 Å². The van der Waals surface area contributed by atoms with E-state index in [1.807, 2.05) is 40.9 Å². The minimum atomic E-state index is 0.107. The summed E-state index contributed by atoms with van der Waals surface area (Å²) >= 11 is 0. The number of likely N-dealkylation sites (N-methyl/N-ethyl adjacent to an activating group) is 1. The normalized spacial score (nSPS) is 15.6. The Morgan fingerprint density at radius 1 is 1.11 bits per heavy atom. The molecule has 27 heavy (non-hydrogen) atoms. The fourth-order valence-corrected chi connectivity index (χ4v) is 3.80. The molecule has 7 nitrogen and oxygen atoms in total. The molecule has 142 valence electrons. The molecule has 3 aromatic rings. The average Bonchev–Trinajstić information content (AvgIpc) is 3.30. The SMILES string of the molecule is CCN1CCN(C(=O)Cn2nc(-n3cccc3)c3c(C)cc(C)nc32)CC1. The Morgan fingerprint density at radius 2 is 1.81 bits per heavy atom. The second-order valence-electron chi connectivity index (χ2n) is 7.17. The molecule has 4 rings (SSSR count). The Morgan fingerprint density at radius 3 is 2.48 bits per heavy atom. The number of amides is 1. The third kappa shape index (κ3) is 3.35. The van der Waals surface area contributed by atoms with Crippen molar-refractivity contribution >= 4 is 16.9 Å². The van der Waals surface area contributed by atoms with Gasteiger partial charge in [-0.25, -0.2) is 9.67 Å². The van der Waals surface area contributed by atoms with Gasteiger partial charge in [0.25, 0.3) is 0 Å². The van der Waals surface area contributed by atoms with E-state index in [2.05, 4.69) is 24.8 Å². The lowest BCUT2D eigenvalue weighted by Gasteiger charge is -2.34. The topological polar surface area (TPSA) is 59.2 Å². The number of hydrogen-bond acceptors (Lipinski definition) is 4. The summed E-state index contributed by atoms with van der Waals surface area (Å²) in [7, 11) is 0. The van der Waals surface area contributed by atoms with Crippen molar-refractivity contribution in [2.45, 2.75) is 27.3 Å². The van der Waals surface area contributed by atoms with E-state index >= 15 is 0 Å². The molecule has 0 aliphatic carbocycles. The van der Waals surface area contributed by atoms with Crippen LogP contribution in [0, 0.1) is 13.8 Å². The van der Waals surface area contributed by atoms with E-state index in [9.17, 15) is 4.79 Å². The molecule has 0 radical (unpaired) electrons. The number of rotatable bonds is 4. The van der Waals surface area contributed by atoms with E-state index in [0.29, 0.717) is 0 Å². The zero-order valence-electron chi connectivity index (χ0n) is 16.2. The van der Waals surface area contributed by atoms with Crippen LogP contribution in [-0.2, 0) is 11.3 Å². The second-order valence-corrected chi connectivity index (χ2v) is 7.17. The highest BCUT2D eigenvalue weighted by molar-refractivity contribution is 5.88. The predicted molar refractivity (Wildman–Crippen MR) is 105 cm³/mol. The zero-order chi connectivity index (χ0) is 19.0. The number of fused-ring (bicyclic) bond motifs is 1. The van der Waals surface area contributed by atoms with Gasteiger partial charge >= 0.3 is 0 Å². The Kier molecular flexibility index (Phi) is 4.70.